The predicted molar refractivity (Wildman–Crippen MR) is 132 cm³/mol. The Kier molecular flexibility index (Phi) is 7.98. The van der Waals surface area contributed by atoms with Crippen LogP contribution in [0.2, 0.25) is 0 Å². The van der Waals surface area contributed by atoms with Crippen LogP contribution in [0.1, 0.15) is 41.8 Å². The van der Waals surface area contributed by atoms with Gasteiger partial charge in [-0.15, -0.1) is 0 Å². The van der Waals surface area contributed by atoms with E-state index in [-0.39, 0.29) is 12.2 Å². The second-order valence-electron chi connectivity index (χ2n) is 8.92. The van der Waals surface area contributed by atoms with E-state index in [1.807, 2.05) is 0 Å². The van der Waals surface area contributed by atoms with Crippen LogP contribution in [0.15, 0.2) is 47.3 Å². The first-order valence-electron chi connectivity index (χ1n) is 11.2. The van der Waals surface area contributed by atoms with Gasteiger partial charge in [-0.2, -0.15) is 0 Å². The molecule has 3 N–H and O–H groups in total. The third-order valence-electron chi connectivity index (χ3n) is 5.50. The number of hydrogen-bond donors (Lipinski definition) is 3. The van der Waals surface area contributed by atoms with E-state index in [1.54, 1.807) is 64.2 Å². The van der Waals surface area contributed by atoms with Crippen molar-refractivity contribution in [3.8, 4) is 22.8 Å². The smallest absolute Gasteiger partial charge is 0.335 e. The lowest BCUT2D eigenvalue weighted by molar-refractivity contribution is -0.137. The Morgan fingerprint density at radius 3 is 2.36 bits per heavy atom. The molecule has 1 heterocycles. The monoisotopic (exact) mass is 495 g/mol. The number of aryl methyl sites for hydroxylation is 2. The highest BCUT2D eigenvalue weighted by atomic mass is 16.5. The minimum absolute atomic E-state index is 0.196. The summed E-state index contributed by atoms with van der Waals surface area (Å²) in [6.07, 6.45) is 3.26. The lowest BCUT2D eigenvalue weighted by Gasteiger charge is -2.26. The van der Waals surface area contributed by atoms with Crippen LogP contribution in [0.5, 0.6) is 11.5 Å². The van der Waals surface area contributed by atoms with Crippen LogP contribution < -0.4 is 20.1 Å². The number of carboxylic acids is 1. The van der Waals surface area contributed by atoms with Crippen molar-refractivity contribution in [2.75, 3.05) is 19.0 Å². The molecular formula is C26H29N3O7. The molecule has 1 aromatic heterocycles. The van der Waals surface area contributed by atoms with Gasteiger partial charge in [0, 0.05) is 23.7 Å². The molecule has 0 saturated heterocycles. The molecule has 0 aliphatic carbocycles. The molecule has 10 heteroatoms. The maximum absolute atomic E-state index is 12.5. The number of carboxylic acid groups (broad SMARTS) is 1. The predicted octanol–water partition coefficient (Wildman–Crippen LogP) is 3.97. The first kappa shape index (κ1) is 26.3. The van der Waals surface area contributed by atoms with Crippen LogP contribution in [-0.4, -0.2) is 47.1 Å². The number of carbonyl (C=O) groups excluding carboxylic acids is 2. The first-order valence-corrected chi connectivity index (χ1v) is 11.2. The van der Waals surface area contributed by atoms with E-state index in [9.17, 15) is 19.5 Å². The van der Waals surface area contributed by atoms with Crippen LogP contribution in [0, 0.1) is 13.8 Å². The largest absolute Gasteiger partial charge is 0.496 e. The van der Waals surface area contributed by atoms with Crippen molar-refractivity contribution in [2.45, 2.75) is 39.7 Å². The normalized spacial score (nSPS) is 11.0. The van der Waals surface area contributed by atoms with Gasteiger partial charge in [-0.25, -0.2) is 9.78 Å². The van der Waals surface area contributed by atoms with E-state index < -0.39 is 23.3 Å². The Labute approximate surface area is 208 Å². The van der Waals surface area contributed by atoms with E-state index in [0.29, 0.717) is 46.1 Å². The van der Waals surface area contributed by atoms with Crippen molar-refractivity contribution >= 4 is 23.5 Å². The zero-order valence-corrected chi connectivity index (χ0v) is 20.8. The molecule has 0 unspecified atom stereocenters. The van der Waals surface area contributed by atoms with Gasteiger partial charge in [-0.1, -0.05) is 0 Å². The summed E-state index contributed by atoms with van der Waals surface area (Å²) in [6.45, 7) is 7.37. The third-order valence-corrected chi connectivity index (χ3v) is 5.50. The lowest BCUT2D eigenvalue weighted by Crippen LogP contribution is -2.48. The Hall–Kier alpha value is -4.34. The quantitative estimate of drug-likeness (QED) is 0.379. The number of methoxy groups -OCH3 is 1. The van der Waals surface area contributed by atoms with Crippen LogP contribution in [0.3, 0.4) is 0 Å². The summed E-state index contributed by atoms with van der Waals surface area (Å²) >= 11 is 0. The molecule has 0 fully saturated rings. The van der Waals surface area contributed by atoms with Crippen molar-refractivity contribution < 1.29 is 33.4 Å². The molecule has 36 heavy (non-hydrogen) atoms. The summed E-state index contributed by atoms with van der Waals surface area (Å²) in [5, 5.41) is 14.5. The molecule has 2 aromatic carbocycles. The van der Waals surface area contributed by atoms with Gasteiger partial charge in [-0.05, 0) is 63.1 Å². The second kappa shape index (κ2) is 10.9. The highest BCUT2D eigenvalue weighted by Gasteiger charge is 2.25. The standard InChI is InChI=1S/C26H29N3O7/c1-15-10-17(25(32)33)11-16(2)22(15)35-9-8-26(3,4)29-24(31)23(30)28-18-6-7-19(20(12-18)34-5)21-13-27-14-36-21/h6-7,10-14H,8-9H2,1-5H3,(H,28,30)(H,29,31)(H,32,33). The Morgan fingerprint density at radius 2 is 1.78 bits per heavy atom. The van der Waals surface area contributed by atoms with Gasteiger partial charge in [0.25, 0.3) is 0 Å². The van der Waals surface area contributed by atoms with Gasteiger partial charge in [0.2, 0.25) is 0 Å². The third kappa shape index (κ3) is 6.41. The molecule has 3 aromatic rings. The molecule has 0 radical (unpaired) electrons. The van der Waals surface area contributed by atoms with Gasteiger partial charge < -0.3 is 29.6 Å². The van der Waals surface area contributed by atoms with E-state index in [4.69, 9.17) is 13.9 Å². The summed E-state index contributed by atoms with van der Waals surface area (Å²) in [5.41, 5.74) is 1.90. The van der Waals surface area contributed by atoms with Gasteiger partial charge in [0.05, 0.1) is 31.0 Å². The number of rotatable bonds is 9. The number of ether oxygens (including phenoxy) is 2. The molecule has 0 aliphatic rings. The van der Waals surface area contributed by atoms with Crippen LogP contribution >= 0.6 is 0 Å². The fourth-order valence-electron chi connectivity index (χ4n) is 3.65. The molecule has 3 rings (SSSR count). The highest BCUT2D eigenvalue weighted by Crippen LogP contribution is 2.32. The number of carbonyl (C=O) groups is 3. The minimum Gasteiger partial charge on any atom is -0.496 e. The van der Waals surface area contributed by atoms with Gasteiger partial charge in [0.15, 0.2) is 12.2 Å². The van der Waals surface area contributed by atoms with E-state index >= 15 is 0 Å². The average Bonchev–Trinajstić information content (AvgIpc) is 3.34. The van der Waals surface area contributed by atoms with E-state index in [1.165, 1.54) is 13.5 Å². The van der Waals surface area contributed by atoms with Crippen LogP contribution in [0.25, 0.3) is 11.3 Å². The number of benzene rings is 2. The number of amides is 2. The Morgan fingerprint density at radius 1 is 1.08 bits per heavy atom. The van der Waals surface area contributed by atoms with Gasteiger partial charge >= 0.3 is 17.8 Å². The number of oxazole rings is 1. The molecule has 10 nitrogen and oxygen atoms in total. The number of nitrogens with one attached hydrogen (secondary N) is 2. The Bertz CT molecular complexity index is 1240. The van der Waals surface area contributed by atoms with Crippen molar-refractivity contribution in [3.05, 3.63) is 59.6 Å². The maximum Gasteiger partial charge on any atom is 0.335 e. The average molecular weight is 496 g/mol. The van der Waals surface area contributed by atoms with E-state index in [2.05, 4.69) is 15.6 Å². The molecule has 0 spiro atoms. The number of hydrogen-bond acceptors (Lipinski definition) is 7. The lowest BCUT2D eigenvalue weighted by atomic mass is 10.0. The second-order valence-corrected chi connectivity index (χ2v) is 8.92. The van der Waals surface area contributed by atoms with Crippen LogP contribution in [0.4, 0.5) is 5.69 Å². The highest BCUT2D eigenvalue weighted by molar-refractivity contribution is 6.39. The summed E-state index contributed by atoms with van der Waals surface area (Å²) in [6, 6.07) is 8.01. The number of nitrogens with zero attached hydrogens (tertiary/aromatic N) is 1. The van der Waals surface area contributed by atoms with Crippen molar-refractivity contribution in [1.82, 2.24) is 10.3 Å². The SMILES string of the molecule is COc1cc(NC(=O)C(=O)NC(C)(C)CCOc2c(C)cc(C(=O)O)cc2C)ccc1-c1cnco1. The minimum atomic E-state index is -1.00. The van der Waals surface area contributed by atoms with E-state index in [0.717, 1.165) is 0 Å². The first-order chi connectivity index (χ1) is 17.0. The molecule has 0 saturated carbocycles. The number of anilines is 1. The zero-order valence-electron chi connectivity index (χ0n) is 20.8. The summed E-state index contributed by atoms with van der Waals surface area (Å²) in [7, 11) is 1.49. The molecule has 2 amide bonds. The molecule has 0 bridgehead atoms. The summed E-state index contributed by atoms with van der Waals surface area (Å²) in [5.74, 6) is -1.06. The zero-order chi connectivity index (χ0) is 26.5. The molecule has 0 aliphatic heterocycles. The molecular weight excluding hydrogens is 466 g/mol. The van der Waals surface area contributed by atoms with Gasteiger partial charge in [-0.3, -0.25) is 9.59 Å². The fourth-order valence-corrected chi connectivity index (χ4v) is 3.65. The maximum atomic E-state index is 12.5. The number of aromatic nitrogens is 1. The van der Waals surface area contributed by atoms with Crippen LogP contribution in [-0.2, 0) is 9.59 Å². The Balaban J connectivity index is 1.57. The van der Waals surface area contributed by atoms with Crippen molar-refractivity contribution in [3.63, 3.8) is 0 Å². The van der Waals surface area contributed by atoms with Crippen molar-refractivity contribution in [1.29, 1.82) is 0 Å². The van der Waals surface area contributed by atoms with Gasteiger partial charge in [0.1, 0.15) is 11.5 Å². The number of aromatic carboxylic acids is 1. The topological polar surface area (TPSA) is 140 Å². The molecule has 0 atom stereocenters. The van der Waals surface area contributed by atoms with Crippen molar-refractivity contribution in [2.24, 2.45) is 0 Å². The fraction of sp³-hybridized carbons (Fsp3) is 0.308. The molecule has 190 valence electrons. The summed E-state index contributed by atoms with van der Waals surface area (Å²) in [4.78, 5) is 40.1. The summed E-state index contributed by atoms with van der Waals surface area (Å²) < 4.78 is 16.5.